The van der Waals surface area contributed by atoms with E-state index in [1.54, 1.807) is 0 Å². The normalized spacial score (nSPS) is 10.7. The van der Waals surface area contributed by atoms with Crippen molar-refractivity contribution in [2.45, 2.75) is 26.9 Å². The summed E-state index contributed by atoms with van der Waals surface area (Å²) in [5.74, 6) is 0.653. The van der Waals surface area contributed by atoms with Crippen molar-refractivity contribution in [3.8, 4) is 0 Å². The summed E-state index contributed by atoms with van der Waals surface area (Å²) in [6.07, 6.45) is 0. The summed E-state index contributed by atoms with van der Waals surface area (Å²) < 4.78 is 0. The van der Waals surface area contributed by atoms with Crippen LogP contribution in [0.25, 0.3) is 0 Å². The molecule has 0 aliphatic rings. The fourth-order valence-corrected chi connectivity index (χ4v) is 2.49. The molecule has 2 nitrogen and oxygen atoms in total. The maximum atomic E-state index is 5.87. The van der Waals surface area contributed by atoms with Gasteiger partial charge in [0, 0.05) is 25.3 Å². The third-order valence-electron chi connectivity index (χ3n) is 3.23. The molecule has 2 aromatic carbocycles. The van der Waals surface area contributed by atoms with Gasteiger partial charge in [-0.3, -0.25) is 4.90 Å². The maximum absolute atomic E-state index is 5.87. The highest BCUT2D eigenvalue weighted by Gasteiger charge is 2.09. The molecule has 0 aliphatic heterocycles. The Kier molecular flexibility index (Phi) is 7.27. The average Bonchev–Trinajstić information content (AvgIpc) is 2.39. The van der Waals surface area contributed by atoms with Crippen LogP contribution in [0.3, 0.4) is 0 Å². The Labute approximate surface area is 134 Å². The molecular formula is C18H25ClN2. The van der Waals surface area contributed by atoms with Gasteiger partial charge >= 0.3 is 0 Å². The van der Waals surface area contributed by atoms with Gasteiger partial charge in [0.25, 0.3) is 0 Å². The van der Waals surface area contributed by atoms with Gasteiger partial charge in [0.05, 0.1) is 0 Å². The molecule has 0 unspecified atom stereocenters. The summed E-state index contributed by atoms with van der Waals surface area (Å²) >= 11 is 0. The molecule has 0 radical (unpaired) electrons. The predicted molar refractivity (Wildman–Crippen MR) is 93.5 cm³/mol. The van der Waals surface area contributed by atoms with Gasteiger partial charge in [-0.2, -0.15) is 0 Å². The zero-order valence-electron chi connectivity index (χ0n) is 12.8. The standard InChI is InChI=1S/C18H24N2.ClH/c1-15(2)12-20(13-16-7-4-3-5-8-16)14-17-9-6-10-18(19)11-17;/h3-11,15H,12-14,19H2,1-2H3;1H. The number of nitrogen functional groups attached to an aromatic ring is 1. The van der Waals surface area contributed by atoms with Crippen molar-refractivity contribution in [3.63, 3.8) is 0 Å². The molecule has 114 valence electrons. The summed E-state index contributed by atoms with van der Waals surface area (Å²) in [6.45, 7) is 7.53. The predicted octanol–water partition coefficient (Wildman–Crippen LogP) is 4.35. The molecule has 2 N–H and O–H groups in total. The van der Waals surface area contributed by atoms with Crippen molar-refractivity contribution < 1.29 is 0 Å². The van der Waals surface area contributed by atoms with E-state index in [2.05, 4.69) is 61.2 Å². The molecule has 3 heteroatoms. The minimum absolute atomic E-state index is 0. The van der Waals surface area contributed by atoms with Crippen LogP contribution in [-0.2, 0) is 13.1 Å². The van der Waals surface area contributed by atoms with Gasteiger partial charge in [-0.05, 0) is 29.2 Å². The van der Waals surface area contributed by atoms with Gasteiger partial charge in [-0.25, -0.2) is 0 Å². The van der Waals surface area contributed by atoms with E-state index in [9.17, 15) is 0 Å². The van der Waals surface area contributed by atoms with Crippen molar-refractivity contribution >= 4 is 18.1 Å². The van der Waals surface area contributed by atoms with Gasteiger partial charge in [-0.1, -0.05) is 56.3 Å². The Morgan fingerprint density at radius 2 is 1.52 bits per heavy atom. The maximum Gasteiger partial charge on any atom is 0.0317 e. The summed E-state index contributed by atoms with van der Waals surface area (Å²) in [4.78, 5) is 2.48. The number of nitrogens with two attached hydrogens (primary N) is 1. The molecule has 0 fully saturated rings. The van der Waals surface area contributed by atoms with Gasteiger partial charge in [-0.15, -0.1) is 12.4 Å². The second kappa shape index (κ2) is 8.71. The Morgan fingerprint density at radius 3 is 2.14 bits per heavy atom. The number of anilines is 1. The largest absolute Gasteiger partial charge is 0.399 e. The number of rotatable bonds is 6. The first-order valence-corrected chi connectivity index (χ1v) is 7.24. The van der Waals surface area contributed by atoms with Crippen molar-refractivity contribution in [1.82, 2.24) is 4.90 Å². The Hall–Kier alpha value is -1.51. The van der Waals surface area contributed by atoms with Crippen molar-refractivity contribution in [2.75, 3.05) is 12.3 Å². The van der Waals surface area contributed by atoms with E-state index in [-0.39, 0.29) is 12.4 Å². The molecule has 2 rings (SSSR count). The fourth-order valence-electron chi connectivity index (χ4n) is 2.49. The van der Waals surface area contributed by atoms with Crippen LogP contribution in [0.4, 0.5) is 5.69 Å². The van der Waals surface area contributed by atoms with E-state index >= 15 is 0 Å². The topological polar surface area (TPSA) is 29.3 Å². The second-order valence-corrected chi connectivity index (χ2v) is 5.79. The zero-order valence-corrected chi connectivity index (χ0v) is 13.6. The van der Waals surface area contributed by atoms with Crippen molar-refractivity contribution in [1.29, 1.82) is 0 Å². The molecule has 0 aliphatic carbocycles. The van der Waals surface area contributed by atoms with Crippen molar-refractivity contribution in [2.24, 2.45) is 5.92 Å². The van der Waals surface area contributed by atoms with Crippen LogP contribution in [0.15, 0.2) is 54.6 Å². The van der Waals surface area contributed by atoms with E-state index in [1.807, 2.05) is 12.1 Å². The number of nitrogens with zero attached hydrogens (tertiary/aromatic N) is 1. The molecule has 0 aromatic heterocycles. The van der Waals surface area contributed by atoms with Crippen LogP contribution in [0.1, 0.15) is 25.0 Å². The Balaban J connectivity index is 0.00000220. The SMILES string of the molecule is CC(C)CN(Cc1ccccc1)Cc1cccc(N)c1.Cl. The van der Waals surface area contributed by atoms with E-state index in [1.165, 1.54) is 11.1 Å². The summed E-state index contributed by atoms with van der Waals surface area (Å²) in [5, 5.41) is 0. The third-order valence-corrected chi connectivity index (χ3v) is 3.23. The quantitative estimate of drug-likeness (QED) is 0.804. The minimum Gasteiger partial charge on any atom is -0.399 e. The van der Waals surface area contributed by atoms with Crippen molar-refractivity contribution in [3.05, 3.63) is 65.7 Å². The van der Waals surface area contributed by atoms with Crippen LogP contribution in [-0.4, -0.2) is 11.4 Å². The first kappa shape index (κ1) is 17.5. The van der Waals surface area contributed by atoms with Crippen LogP contribution in [0.2, 0.25) is 0 Å². The highest BCUT2D eigenvalue weighted by Crippen LogP contribution is 2.14. The van der Waals surface area contributed by atoms with E-state index < -0.39 is 0 Å². The minimum atomic E-state index is 0. The van der Waals surface area contributed by atoms with Gasteiger partial charge < -0.3 is 5.73 Å². The van der Waals surface area contributed by atoms with Crippen LogP contribution in [0, 0.1) is 5.92 Å². The molecule has 0 amide bonds. The van der Waals surface area contributed by atoms with E-state index in [4.69, 9.17) is 5.73 Å². The molecule has 0 bridgehead atoms. The molecule has 21 heavy (non-hydrogen) atoms. The fraction of sp³-hybridized carbons (Fsp3) is 0.333. The van der Waals surface area contributed by atoms with Gasteiger partial charge in [0.2, 0.25) is 0 Å². The second-order valence-electron chi connectivity index (χ2n) is 5.79. The molecular weight excluding hydrogens is 280 g/mol. The average molecular weight is 305 g/mol. The van der Waals surface area contributed by atoms with E-state index in [0.29, 0.717) is 5.92 Å². The van der Waals surface area contributed by atoms with E-state index in [0.717, 1.165) is 25.3 Å². The first-order chi connectivity index (χ1) is 9.63. The smallest absolute Gasteiger partial charge is 0.0317 e. The molecule has 0 atom stereocenters. The molecule has 2 aromatic rings. The number of hydrogen-bond acceptors (Lipinski definition) is 2. The number of halogens is 1. The Morgan fingerprint density at radius 1 is 0.905 bits per heavy atom. The molecule has 0 spiro atoms. The highest BCUT2D eigenvalue weighted by molar-refractivity contribution is 5.85. The molecule has 0 saturated carbocycles. The lowest BCUT2D eigenvalue weighted by molar-refractivity contribution is 0.228. The monoisotopic (exact) mass is 304 g/mol. The lowest BCUT2D eigenvalue weighted by Gasteiger charge is -2.24. The summed E-state index contributed by atoms with van der Waals surface area (Å²) in [6, 6.07) is 18.8. The summed E-state index contributed by atoms with van der Waals surface area (Å²) in [7, 11) is 0. The summed E-state index contributed by atoms with van der Waals surface area (Å²) in [5.41, 5.74) is 9.35. The van der Waals surface area contributed by atoms with Crippen LogP contribution in [0.5, 0.6) is 0 Å². The lowest BCUT2D eigenvalue weighted by atomic mass is 10.1. The first-order valence-electron chi connectivity index (χ1n) is 7.24. The molecule has 0 heterocycles. The third kappa shape index (κ3) is 6.19. The van der Waals surface area contributed by atoms with Gasteiger partial charge in [0.15, 0.2) is 0 Å². The van der Waals surface area contributed by atoms with Crippen LogP contribution < -0.4 is 5.73 Å². The number of benzene rings is 2. The highest BCUT2D eigenvalue weighted by atomic mass is 35.5. The molecule has 0 saturated heterocycles. The Bertz CT molecular complexity index is 526. The van der Waals surface area contributed by atoms with Crippen LogP contribution >= 0.6 is 12.4 Å². The van der Waals surface area contributed by atoms with Gasteiger partial charge in [0.1, 0.15) is 0 Å². The zero-order chi connectivity index (χ0) is 14.4. The lowest BCUT2D eigenvalue weighted by Crippen LogP contribution is -2.27. The number of hydrogen-bond donors (Lipinski definition) is 1.